The van der Waals surface area contributed by atoms with Crippen LogP contribution in [0.4, 0.5) is 0 Å². The maximum Gasteiger partial charge on any atom is 0.241 e. The summed E-state index contributed by atoms with van der Waals surface area (Å²) in [5.41, 5.74) is 0. The third kappa shape index (κ3) is 3.76. The van der Waals surface area contributed by atoms with Gasteiger partial charge >= 0.3 is 0 Å². The summed E-state index contributed by atoms with van der Waals surface area (Å²) in [7, 11) is -3.49. The number of nitrogens with one attached hydrogen (secondary N) is 1. The Morgan fingerprint density at radius 2 is 2.21 bits per heavy atom. The SMILES string of the molecule is CC(NS(=O)(=O)c1csc(CO)c1)C1CCOCC1. The molecule has 5 nitrogen and oxygen atoms in total. The van der Waals surface area contributed by atoms with Crippen molar-refractivity contribution in [2.45, 2.75) is 37.3 Å². The molecule has 2 N–H and O–H groups in total. The lowest BCUT2D eigenvalue weighted by Crippen LogP contribution is -2.40. The number of hydrogen-bond acceptors (Lipinski definition) is 5. The normalized spacial score (nSPS) is 19.5. The fraction of sp³-hybridized carbons (Fsp3) is 0.667. The van der Waals surface area contributed by atoms with Gasteiger partial charge < -0.3 is 9.84 Å². The van der Waals surface area contributed by atoms with Gasteiger partial charge in [0.15, 0.2) is 0 Å². The molecule has 0 aliphatic carbocycles. The topological polar surface area (TPSA) is 75.6 Å². The van der Waals surface area contributed by atoms with Crippen LogP contribution in [0.3, 0.4) is 0 Å². The third-order valence-corrected chi connectivity index (χ3v) is 6.02. The standard InChI is InChI=1S/C12H19NO4S2/c1-9(10-2-4-17-5-3-10)13-19(15,16)12-6-11(7-14)18-8-12/h6,8-10,13-14H,2-5,7H2,1H3. The molecule has 1 atom stereocenters. The van der Waals surface area contributed by atoms with Crippen molar-refractivity contribution in [3.8, 4) is 0 Å². The first kappa shape index (κ1) is 14.9. The molecule has 1 aromatic heterocycles. The zero-order chi connectivity index (χ0) is 13.9. The van der Waals surface area contributed by atoms with Gasteiger partial charge in [0.1, 0.15) is 0 Å². The van der Waals surface area contributed by atoms with Crippen LogP contribution in [-0.2, 0) is 21.4 Å². The molecule has 0 saturated carbocycles. The molecule has 0 radical (unpaired) electrons. The first-order valence-electron chi connectivity index (χ1n) is 6.31. The van der Waals surface area contributed by atoms with E-state index in [-0.39, 0.29) is 17.5 Å². The van der Waals surface area contributed by atoms with Crippen LogP contribution in [-0.4, -0.2) is 32.8 Å². The Balaban J connectivity index is 2.03. The van der Waals surface area contributed by atoms with Crippen LogP contribution in [0.1, 0.15) is 24.6 Å². The van der Waals surface area contributed by atoms with E-state index in [0.29, 0.717) is 24.0 Å². The van der Waals surface area contributed by atoms with Crippen molar-refractivity contribution in [3.63, 3.8) is 0 Å². The van der Waals surface area contributed by atoms with E-state index in [0.717, 1.165) is 12.8 Å². The Morgan fingerprint density at radius 3 is 2.79 bits per heavy atom. The summed E-state index contributed by atoms with van der Waals surface area (Å²) in [4.78, 5) is 0.888. The summed E-state index contributed by atoms with van der Waals surface area (Å²) < 4.78 is 32.4. The second-order valence-corrected chi connectivity index (χ2v) is 7.48. The van der Waals surface area contributed by atoms with E-state index in [1.165, 1.54) is 17.4 Å². The lowest BCUT2D eigenvalue weighted by atomic mass is 9.94. The van der Waals surface area contributed by atoms with Crippen molar-refractivity contribution in [2.75, 3.05) is 13.2 Å². The van der Waals surface area contributed by atoms with E-state index in [4.69, 9.17) is 9.84 Å². The molecule has 1 aliphatic rings. The van der Waals surface area contributed by atoms with Crippen molar-refractivity contribution >= 4 is 21.4 Å². The van der Waals surface area contributed by atoms with E-state index in [9.17, 15) is 8.42 Å². The maximum atomic E-state index is 12.2. The van der Waals surface area contributed by atoms with Gasteiger partial charge in [-0.2, -0.15) is 0 Å². The summed E-state index contributed by atoms with van der Waals surface area (Å²) >= 11 is 1.25. The van der Waals surface area contributed by atoms with Crippen LogP contribution >= 0.6 is 11.3 Å². The predicted molar refractivity (Wildman–Crippen MR) is 73.6 cm³/mol. The van der Waals surface area contributed by atoms with E-state index in [1.54, 1.807) is 5.38 Å². The van der Waals surface area contributed by atoms with E-state index in [2.05, 4.69) is 4.72 Å². The molecule has 108 valence electrons. The summed E-state index contributed by atoms with van der Waals surface area (Å²) in [5.74, 6) is 0.319. The first-order valence-corrected chi connectivity index (χ1v) is 8.67. The average molecular weight is 305 g/mol. The highest BCUT2D eigenvalue weighted by molar-refractivity contribution is 7.89. The molecular formula is C12H19NO4S2. The van der Waals surface area contributed by atoms with E-state index in [1.807, 2.05) is 6.92 Å². The van der Waals surface area contributed by atoms with Crippen molar-refractivity contribution < 1.29 is 18.3 Å². The molecule has 0 bridgehead atoms. The van der Waals surface area contributed by atoms with Crippen molar-refractivity contribution in [2.24, 2.45) is 5.92 Å². The van der Waals surface area contributed by atoms with E-state index >= 15 is 0 Å². The molecular weight excluding hydrogens is 286 g/mol. The molecule has 0 spiro atoms. The molecule has 19 heavy (non-hydrogen) atoms. The van der Waals surface area contributed by atoms with Gasteiger partial charge in [-0.3, -0.25) is 0 Å². The lowest BCUT2D eigenvalue weighted by Gasteiger charge is -2.28. The van der Waals surface area contributed by atoms with Gasteiger partial charge in [0.2, 0.25) is 10.0 Å². The molecule has 0 aromatic carbocycles. The van der Waals surface area contributed by atoms with Crippen LogP contribution in [0.2, 0.25) is 0 Å². The Morgan fingerprint density at radius 1 is 1.53 bits per heavy atom. The second kappa shape index (κ2) is 6.32. The summed E-state index contributed by atoms with van der Waals surface area (Å²) in [5, 5.41) is 10.5. The molecule has 1 unspecified atom stereocenters. The molecule has 2 heterocycles. The number of aliphatic hydroxyl groups excluding tert-OH is 1. The molecule has 1 fully saturated rings. The highest BCUT2D eigenvalue weighted by Crippen LogP contribution is 2.23. The number of hydrogen-bond donors (Lipinski definition) is 2. The fourth-order valence-corrected chi connectivity index (χ4v) is 4.66. The minimum Gasteiger partial charge on any atom is -0.391 e. The summed E-state index contributed by atoms with van der Waals surface area (Å²) in [6, 6.07) is 1.41. The van der Waals surface area contributed by atoms with Crippen LogP contribution in [0, 0.1) is 5.92 Å². The van der Waals surface area contributed by atoms with Gasteiger partial charge in [0, 0.05) is 29.5 Å². The van der Waals surface area contributed by atoms with Gasteiger partial charge in [0.25, 0.3) is 0 Å². The van der Waals surface area contributed by atoms with Crippen LogP contribution in [0.25, 0.3) is 0 Å². The second-order valence-electron chi connectivity index (χ2n) is 4.77. The quantitative estimate of drug-likeness (QED) is 0.860. The molecule has 7 heteroatoms. The molecule has 1 aromatic rings. The van der Waals surface area contributed by atoms with Crippen molar-refractivity contribution in [1.82, 2.24) is 4.72 Å². The third-order valence-electron chi connectivity index (χ3n) is 3.41. The Labute approximate surface area is 117 Å². The molecule has 0 amide bonds. The first-order chi connectivity index (χ1) is 9.03. The summed E-state index contributed by atoms with van der Waals surface area (Å²) in [6.07, 6.45) is 1.77. The minimum atomic E-state index is -3.49. The maximum absolute atomic E-state index is 12.2. The highest BCUT2D eigenvalue weighted by atomic mass is 32.2. The van der Waals surface area contributed by atoms with Gasteiger partial charge in [0.05, 0.1) is 11.5 Å². The largest absolute Gasteiger partial charge is 0.391 e. The zero-order valence-corrected chi connectivity index (χ0v) is 12.5. The molecule has 2 rings (SSSR count). The Kier molecular flexibility index (Phi) is 4.97. The van der Waals surface area contributed by atoms with Crippen LogP contribution in [0.15, 0.2) is 16.3 Å². The van der Waals surface area contributed by atoms with Gasteiger partial charge in [-0.05, 0) is 31.7 Å². The summed E-state index contributed by atoms with van der Waals surface area (Å²) in [6.45, 7) is 3.16. The Bertz CT molecular complexity index is 506. The van der Waals surface area contributed by atoms with Crippen molar-refractivity contribution in [1.29, 1.82) is 0 Å². The Hall–Kier alpha value is -0.470. The smallest absolute Gasteiger partial charge is 0.241 e. The number of ether oxygens (including phenoxy) is 1. The highest BCUT2D eigenvalue weighted by Gasteiger charge is 2.26. The van der Waals surface area contributed by atoms with E-state index < -0.39 is 10.0 Å². The predicted octanol–water partition coefficient (Wildman–Crippen LogP) is 1.33. The fourth-order valence-electron chi connectivity index (χ4n) is 2.21. The molecule has 1 aliphatic heterocycles. The van der Waals surface area contributed by atoms with Gasteiger partial charge in [-0.1, -0.05) is 0 Å². The number of aliphatic hydroxyl groups is 1. The van der Waals surface area contributed by atoms with Gasteiger partial charge in [-0.25, -0.2) is 13.1 Å². The lowest BCUT2D eigenvalue weighted by molar-refractivity contribution is 0.0585. The monoisotopic (exact) mass is 305 g/mol. The number of rotatable bonds is 5. The van der Waals surface area contributed by atoms with Crippen LogP contribution < -0.4 is 4.72 Å². The number of thiophene rings is 1. The average Bonchev–Trinajstić information content (AvgIpc) is 2.89. The van der Waals surface area contributed by atoms with Gasteiger partial charge in [-0.15, -0.1) is 11.3 Å². The van der Waals surface area contributed by atoms with Crippen LogP contribution in [0.5, 0.6) is 0 Å². The van der Waals surface area contributed by atoms with Crippen molar-refractivity contribution in [3.05, 3.63) is 16.3 Å². The zero-order valence-electron chi connectivity index (χ0n) is 10.8. The molecule has 1 saturated heterocycles. The minimum absolute atomic E-state index is 0.105. The number of sulfonamides is 1.